The molecule has 160 valence electrons. The van der Waals surface area contributed by atoms with Crippen molar-refractivity contribution in [2.45, 2.75) is 96.9 Å². The van der Waals surface area contributed by atoms with E-state index in [0.29, 0.717) is 17.0 Å². The number of unbranched alkanes of at least 4 members (excludes halogenated alkanes) is 9. The summed E-state index contributed by atoms with van der Waals surface area (Å²) in [5.74, 6) is 0.580. The molecule has 0 fully saturated rings. The molecular formula is C21H46N5O+. The van der Waals surface area contributed by atoms with Crippen molar-refractivity contribution in [3.05, 3.63) is 0 Å². The number of quaternary nitrogens is 1. The highest BCUT2D eigenvalue weighted by Gasteiger charge is 2.51. The first-order chi connectivity index (χ1) is 12.8. The molecule has 0 radical (unpaired) electrons. The van der Waals surface area contributed by atoms with E-state index in [-0.39, 0.29) is 12.0 Å². The lowest BCUT2D eigenvalue weighted by molar-refractivity contribution is -0.987. The zero-order valence-electron chi connectivity index (χ0n) is 18.7. The van der Waals surface area contributed by atoms with Crippen LogP contribution in [0.3, 0.4) is 0 Å². The van der Waals surface area contributed by atoms with Crippen molar-refractivity contribution in [1.82, 2.24) is 4.90 Å². The van der Waals surface area contributed by atoms with Gasteiger partial charge in [0.1, 0.15) is 6.54 Å². The quantitative estimate of drug-likeness (QED) is 0.354. The Morgan fingerprint density at radius 3 is 2.07 bits per heavy atom. The zero-order valence-corrected chi connectivity index (χ0v) is 18.7. The predicted octanol–water partition coefficient (Wildman–Crippen LogP) is 3.61. The maximum Gasteiger partial charge on any atom is 0.224 e. The Morgan fingerprint density at radius 2 is 1.56 bits per heavy atom. The van der Waals surface area contributed by atoms with Gasteiger partial charge in [0.05, 0.1) is 13.7 Å². The average Bonchev–Trinajstić information content (AvgIpc) is 2.62. The van der Waals surface area contributed by atoms with Gasteiger partial charge in [0.2, 0.25) is 12.2 Å². The molecule has 0 saturated carbocycles. The van der Waals surface area contributed by atoms with Crippen LogP contribution in [-0.2, 0) is 4.74 Å². The van der Waals surface area contributed by atoms with E-state index >= 15 is 0 Å². The molecule has 0 spiro atoms. The highest BCUT2D eigenvalue weighted by molar-refractivity contribution is 5.79. The molecule has 0 saturated heterocycles. The molecular weight excluding hydrogens is 338 g/mol. The molecule has 1 aliphatic rings. The van der Waals surface area contributed by atoms with Gasteiger partial charge in [-0.15, -0.1) is 0 Å². The molecule has 0 aromatic carbocycles. The molecule has 4 N–H and O–H groups in total. The van der Waals surface area contributed by atoms with Crippen molar-refractivity contribution in [2.75, 3.05) is 33.9 Å². The van der Waals surface area contributed by atoms with Gasteiger partial charge >= 0.3 is 0 Å². The van der Waals surface area contributed by atoms with Crippen molar-refractivity contribution < 1.29 is 9.22 Å². The molecule has 0 aromatic heterocycles. The van der Waals surface area contributed by atoms with Gasteiger partial charge in [-0.2, -0.15) is 4.99 Å². The number of likely N-dealkylation sites (N-methyl/N-ethyl adjacent to an activating group) is 1. The van der Waals surface area contributed by atoms with Crippen LogP contribution in [0.15, 0.2) is 4.99 Å². The third-order valence-electron chi connectivity index (χ3n) is 6.35. The van der Waals surface area contributed by atoms with Crippen LogP contribution in [0.25, 0.3) is 0 Å². The molecule has 6 heteroatoms. The van der Waals surface area contributed by atoms with E-state index in [9.17, 15) is 0 Å². The third-order valence-corrected chi connectivity index (χ3v) is 6.35. The number of nitrogens with two attached hydrogens (primary N) is 2. The Labute approximate surface area is 167 Å². The minimum Gasteiger partial charge on any atom is -0.379 e. The van der Waals surface area contributed by atoms with E-state index in [1.165, 1.54) is 57.8 Å². The lowest BCUT2D eigenvalue weighted by atomic mass is 10.1. The van der Waals surface area contributed by atoms with Crippen molar-refractivity contribution in [3.63, 3.8) is 0 Å². The standard InChI is InChI=1S/C21H46N5O/c1-6-7-8-9-10-11-12-13-14-15-16-25-19(22)24-21(2,3)26(4,20(25)23)17-18-27-5/h20H,6-18,23H2,1-5H3,(H2,22,24)/q+1. The number of hydrogen-bond acceptors (Lipinski definition) is 5. The Kier molecular flexibility index (Phi) is 10.6. The number of hydrogen-bond donors (Lipinski definition) is 2. The van der Waals surface area contributed by atoms with E-state index in [4.69, 9.17) is 21.2 Å². The minimum atomic E-state index is -0.351. The molecule has 2 atom stereocenters. The van der Waals surface area contributed by atoms with Crippen molar-refractivity contribution >= 4 is 5.96 Å². The molecule has 0 bridgehead atoms. The van der Waals surface area contributed by atoms with Gasteiger partial charge in [-0.25, -0.2) is 0 Å². The van der Waals surface area contributed by atoms with Crippen LogP contribution in [0.2, 0.25) is 0 Å². The van der Waals surface area contributed by atoms with Crippen LogP contribution in [0.5, 0.6) is 0 Å². The molecule has 1 aliphatic heterocycles. The molecule has 27 heavy (non-hydrogen) atoms. The van der Waals surface area contributed by atoms with E-state index in [1.54, 1.807) is 7.11 Å². The van der Waals surface area contributed by atoms with Gasteiger partial charge in [-0.1, -0.05) is 64.7 Å². The van der Waals surface area contributed by atoms with E-state index < -0.39 is 0 Å². The van der Waals surface area contributed by atoms with Gasteiger partial charge in [0, 0.05) is 27.5 Å². The summed E-state index contributed by atoms with van der Waals surface area (Å²) in [5, 5.41) is 0. The highest BCUT2D eigenvalue weighted by Crippen LogP contribution is 2.31. The van der Waals surface area contributed by atoms with Crippen LogP contribution in [-0.4, -0.2) is 61.1 Å². The first-order valence-corrected chi connectivity index (χ1v) is 11.0. The zero-order chi connectivity index (χ0) is 20.3. The third kappa shape index (κ3) is 6.91. The van der Waals surface area contributed by atoms with E-state index in [2.05, 4.69) is 32.7 Å². The summed E-state index contributed by atoms with van der Waals surface area (Å²) < 4.78 is 5.92. The topological polar surface area (TPSA) is 76.9 Å². The normalized spacial score (nSPS) is 24.9. The van der Waals surface area contributed by atoms with Crippen molar-refractivity contribution in [3.8, 4) is 0 Å². The van der Waals surface area contributed by atoms with Crippen LogP contribution in [0.4, 0.5) is 0 Å². The Bertz CT molecular complexity index is 440. The SMILES string of the molecule is CCCCCCCCCCCCN1C(N)=NC(C)(C)[N+](C)(CCOC)C1N. The molecule has 0 amide bonds. The lowest BCUT2D eigenvalue weighted by Gasteiger charge is -2.54. The molecule has 1 heterocycles. The summed E-state index contributed by atoms with van der Waals surface area (Å²) in [6.45, 7) is 8.83. The van der Waals surface area contributed by atoms with Crippen LogP contribution in [0.1, 0.15) is 85.0 Å². The fourth-order valence-electron chi connectivity index (χ4n) is 3.93. The number of ether oxygens (including phenoxy) is 1. The number of aliphatic imine (C=N–C) groups is 1. The molecule has 2 unspecified atom stereocenters. The van der Waals surface area contributed by atoms with Gasteiger partial charge in [-0.05, 0) is 6.42 Å². The lowest BCUT2D eigenvalue weighted by Crippen LogP contribution is -2.77. The first kappa shape index (κ1) is 24.2. The summed E-state index contributed by atoms with van der Waals surface area (Å²) in [5.41, 5.74) is 12.6. The van der Waals surface area contributed by atoms with E-state index in [0.717, 1.165) is 19.5 Å². The fraction of sp³-hybridized carbons (Fsp3) is 0.952. The van der Waals surface area contributed by atoms with Crippen LogP contribution >= 0.6 is 0 Å². The van der Waals surface area contributed by atoms with Gasteiger partial charge in [0.25, 0.3) is 0 Å². The van der Waals surface area contributed by atoms with Gasteiger partial charge in [0.15, 0.2) is 5.66 Å². The van der Waals surface area contributed by atoms with Crippen molar-refractivity contribution in [2.24, 2.45) is 16.5 Å². The maximum absolute atomic E-state index is 6.67. The number of methoxy groups -OCH3 is 1. The number of rotatable bonds is 14. The summed E-state index contributed by atoms with van der Waals surface area (Å²) in [4.78, 5) is 6.86. The molecule has 0 aromatic rings. The maximum atomic E-state index is 6.67. The Balaban J connectivity index is 2.39. The van der Waals surface area contributed by atoms with Gasteiger partial charge in [-0.3, -0.25) is 15.1 Å². The minimum absolute atomic E-state index is 0.189. The summed E-state index contributed by atoms with van der Waals surface area (Å²) >= 11 is 0. The molecule has 1 rings (SSSR count). The Hall–Kier alpha value is -0.850. The fourth-order valence-corrected chi connectivity index (χ4v) is 3.93. The van der Waals surface area contributed by atoms with Gasteiger partial charge < -0.3 is 10.5 Å². The Morgan fingerprint density at radius 1 is 1.04 bits per heavy atom. The second-order valence-electron chi connectivity index (χ2n) is 8.74. The van der Waals surface area contributed by atoms with E-state index in [1.807, 2.05) is 0 Å². The smallest absolute Gasteiger partial charge is 0.224 e. The first-order valence-electron chi connectivity index (χ1n) is 11.0. The number of guanidine groups is 1. The largest absolute Gasteiger partial charge is 0.379 e. The molecule has 0 aliphatic carbocycles. The summed E-state index contributed by atoms with van der Waals surface area (Å²) in [6, 6.07) is 0. The second-order valence-corrected chi connectivity index (χ2v) is 8.74. The highest BCUT2D eigenvalue weighted by atomic mass is 16.5. The van der Waals surface area contributed by atoms with Crippen molar-refractivity contribution in [1.29, 1.82) is 0 Å². The average molecular weight is 385 g/mol. The monoisotopic (exact) mass is 384 g/mol. The summed E-state index contributed by atoms with van der Waals surface area (Å²) in [7, 11) is 3.89. The second kappa shape index (κ2) is 11.9. The van der Waals surface area contributed by atoms with Crippen LogP contribution < -0.4 is 11.5 Å². The molecule has 6 nitrogen and oxygen atoms in total. The number of nitrogens with zero attached hydrogens (tertiary/aromatic N) is 3. The summed E-state index contributed by atoms with van der Waals surface area (Å²) in [6.07, 6.45) is 13.1. The van der Waals surface area contributed by atoms with Crippen LogP contribution in [0, 0.1) is 0 Å². The predicted molar refractivity (Wildman–Crippen MR) is 115 cm³/mol.